The normalized spacial score (nSPS) is 16.8. The molecule has 1 saturated heterocycles. The molecule has 0 spiro atoms. The first-order valence-electron chi connectivity index (χ1n) is 9.67. The first-order chi connectivity index (χ1) is 13.4. The highest BCUT2D eigenvalue weighted by atomic mass is 32.2. The highest BCUT2D eigenvalue weighted by Gasteiger charge is 2.22. The molecule has 148 valence electrons. The number of carbonyl (C=O) groups is 1. The summed E-state index contributed by atoms with van der Waals surface area (Å²) < 4.78 is 28.6. The summed E-state index contributed by atoms with van der Waals surface area (Å²) in [6, 6.07) is 12.8. The maximum Gasteiger partial charge on any atom is 0.261 e. The van der Waals surface area contributed by atoms with Crippen LogP contribution in [0.4, 0.5) is 11.4 Å². The van der Waals surface area contributed by atoms with Crippen molar-refractivity contribution >= 4 is 27.3 Å². The molecule has 4 rings (SSSR count). The molecule has 2 aliphatic heterocycles. The smallest absolute Gasteiger partial charge is 0.261 e. The summed E-state index contributed by atoms with van der Waals surface area (Å²) in [5.74, 6) is 0.00997. The number of carbonyl (C=O) groups excluding carboxylic acids is 1. The standard InChI is InChI=1S/C21H25N3O3S/c1-16(25)24-12-9-17-7-8-21(13-18(17)15-24)28(26,27)22-19-5-4-6-20(14-19)23-10-2-3-11-23/h4-8,13-14,22H,2-3,9-12,15H2,1H3. The van der Waals surface area contributed by atoms with E-state index in [0.29, 0.717) is 18.8 Å². The third kappa shape index (κ3) is 3.85. The van der Waals surface area contributed by atoms with E-state index in [1.165, 1.54) is 12.8 Å². The van der Waals surface area contributed by atoms with E-state index in [0.717, 1.165) is 36.3 Å². The molecule has 0 radical (unpaired) electrons. The molecule has 0 saturated carbocycles. The Morgan fingerprint density at radius 2 is 1.79 bits per heavy atom. The number of hydrogen-bond donors (Lipinski definition) is 1. The topological polar surface area (TPSA) is 69.7 Å². The van der Waals surface area contributed by atoms with Crippen LogP contribution >= 0.6 is 0 Å². The van der Waals surface area contributed by atoms with Crippen molar-refractivity contribution in [3.63, 3.8) is 0 Å². The van der Waals surface area contributed by atoms with Crippen LogP contribution in [-0.4, -0.2) is 38.9 Å². The van der Waals surface area contributed by atoms with Crippen molar-refractivity contribution in [1.82, 2.24) is 4.90 Å². The highest BCUT2D eigenvalue weighted by molar-refractivity contribution is 7.92. The third-order valence-corrected chi connectivity index (χ3v) is 6.89. The summed E-state index contributed by atoms with van der Waals surface area (Å²) in [4.78, 5) is 15.9. The van der Waals surface area contributed by atoms with Gasteiger partial charge in [0.2, 0.25) is 5.91 Å². The van der Waals surface area contributed by atoms with Crippen LogP contribution in [0.5, 0.6) is 0 Å². The van der Waals surface area contributed by atoms with Gasteiger partial charge in [-0.1, -0.05) is 12.1 Å². The number of rotatable bonds is 4. The SMILES string of the molecule is CC(=O)N1CCc2ccc(S(=O)(=O)Nc3cccc(N4CCCC4)c3)cc2C1. The molecule has 0 aromatic heterocycles. The van der Waals surface area contributed by atoms with Crippen molar-refractivity contribution in [2.45, 2.75) is 37.6 Å². The summed E-state index contributed by atoms with van der Waals surface area (Å²) in [6.45, 7) is 4.69. The lowest BCUT2D eigenvalue weighted by Crippen LogP contribution is -2.34. The van der Waals surface area contributed by atoms with Crippen LogP contribution in [0.15, 0.2) is 47.4 Å². The van der Waals surface area contributed by atoms with Crippen LogP contribution in [0.1, 0.15) is 30.9 Å². The second-order valence-electron chi connectivity index (χ2n) is 7.47. The number of anilines is 2. The van der Waals surface area contributed by atoms with Gasteiger partial charge in [0.25, 0.3) is 10.0 Å². The van der Waals surface area contributed by atoms with E-state index in [1.54, 1.807) is 30.0 Å². The van der Waals surface area contributed by atoms with Crippen molar-refractivity contribution in [3.8, 4) is 0 Å². The Labute approximate surface area is 166 Å². The van der Waals surface area contributed by atoms with Gasteiger partial charge in [-0.25, -0.2) is 8.42 Å². The molecule has 0 atom stereocenters. The van der Waals surface area contributed by atoms with Gasteiger partial charge in [0.15, 0.2) is 0 Å². The first kappa shape index (κ1) is 18.8. The number of nitrogens with zero attached hydrogens (tertiary/aromatic N) is 2. The fraction of sp³-hybridized carbons (Fsp3) is 0.381. The van der Waals surface area contributed by atoms with Crippen molar-refractivity contribution in [2.24, 2.45) is 0 Å². The van der Waals surface area contributed by atoms with E-state index in [1.807, 2.05) is 24.3 Å². The molecule has 0 unspecified atom stereocenters. The summed E-state index contributed by atoms with van der Waals surface area (Å²) in [6.07, 6.45) is 3.09. The van der Waals surface area contributed by atoms with Gasteiger partial charge in [-0.05, 0) is 60.7 Å². The Morgan fingerprint density at radius 1 is 1.00 bits per heavy atom. The third-order valence-electron chi connectivity index (χ3n) is 5.52. The fourth-order valence-corrected chi connectivity index (χ4v) is 5.02. The molecule has 2 aromatic carbocycles. The Morgan fingerprint density at radius 3 is 2.54 bits per heavy atom. The van der Waals surface area contributed by atoms with Crippen LogP contribution in [0.25, 0.3) is 0 Å². The van der Waals surface area contributed by atoms with Gasteiger partial charge in [0.05, 0.1) is 10.6 Å². The Bertz CT molecular complexity index is 998. The molecule has 28 heavy (non-hydrogen) atoms. The Hall–Kier alpha value is -2.54. The molecule has 1 amide bonds. The van der Waals surface area contributed by atoms with Crippen molar-refractivity contribution < 1.29 is 13.2 Å². The predicted octanol–water partition coefficient (Wildman–Crippen LogP) is 2.99. The first-order valence-corrected chi connectivity index (χ1v) is 11.2. The second kappa shape index (κ2) is 7.47. The predicted molar refractivity (Wildman–Crippen MR) is 110 cm³/mol. The molecule has 1 fully saturated rings. The van der Waals surface area contributed by atoms with Gasteiger partial charge in [-0.2, -0.15) is 0 Å². The average molecular weight is 400 g/mol. The van der Waals surface area contributed by atoms with Crippen molar-refractivity contribution in [3.05, 3.63) is 53.6 Å². The van der Waals surface area contributed by atoms with E-state index in [4.69, 9.17) is 0 Å². The average Bonchev–Trinajstić information content (AvgIpc) is 3.22. The minimum atomic E-state index is -3.70. The zero-order valence-corrected chi connectivity index (χ0v) is 16.8. The minimum Gasteiger partial charge on any atom is -0.371 e. The zero-order chi connectivity index (χ0) is 19.7. The van der Waals surface area contributed by atoms with Crippen LogP contribution in [-0.2, 0) is 27.8 Å². The number of hydrogen-bond acceptors (Lipinski definition) is 4. The number of fused-ring (bicyclic) bond motifs is 1. The molecular formula is C21H25N3O3S. The van der Waals surface area contributed by atoms with E-state index < -0.39 is 10.0 Å². The summed E-state index contributed by atoms with van der Waals surface area (Å²) in [5.41, 5.74) is 3.61. The number of amides is 1. The van der Waals surface area contributed by atoms with E-state index in [2.05, 4.69) is 9.62 Å². The van der Waals surface area contributed by atoms with E-state index in [9.17, 15) is 13.2 Å². The summed E-state index contributed by atoms with van der Waals surface area (Å²) in [7, 11) is -3.70. The van der Waals surface area contributed by atoms with Gasteiger partial charge in [-0.3, -0.25) is 9.52 Å². The quantitative estimate of drug-likeness (QED) is 0.858. The van der Waals surface area contributed by atoms with E-state index in [-0.39, 0.29) is 10.8 Å². The lowest BCUT2D eigenvalue weighted by Gasteiger charge is -2.28. The van der Waals surface area contributed by atoms with Crippen molar-refractivity contribution in [2.75, 3.05) is 29.3 Å². The van der Waals surface area contributed by atoms with Crippen LogP contribution in [0.2, 0.25) is 0 Å². The maximum atomic E-state index is 12.9. The molecule has 1 N–H and O–H groups in total. The van der Waals surface area contributed by atoms with Crippen LogP contribution < -0.4 is 9.62 Å². The van der Waals surface area contributed by atoms with Gasteiger partial charge in [-0.15, -0.1) is 0 Å². The fourth-order valence-electron chi connectivity index (χ4n) is 3.92. The molecule has 2 heterocycles. The molecule has 2 aromatic rings. The van der Waals surface area contributed by atoms with Crippen LogP contribution in [0.3, 0.4) is 0 Å². The number of benzene rings is 2. The lowest BCUT2D eigenvalue weighted by molar-refractivity contribution is -0.129. The second-order valence-corrected chi connectivity index (χ2v) is 9.15. The monoisotopic (exact) mass is 399 g/mol. The molecular weight excluding hydrogens is 374 g/mol. The highest BCUT2D eigenvalue weighted by Crippen LogP contribution is 2.27. The molecule has 0 bridgehead atoms. The summed E-state index contributed by atoms with van der Waals surface area (Å²) in [5, 5.41) is 0. The molecule has 7 heteroatoms. The van der Waals surface area contributed by atoms with Crippen molar-refractivity contribution in [1.29, 1.82) is 0 Å². The lowest BCUT2D eigenvalue weighted by atomic mass is 10.00. The molecule has 6 nitrogen and oxygen atoms in total. The number of nitrogens with one attached hydrogen (secondary N) is 1. The Kier molecular flexibility index (Phi) is 5.02. The van der Waals surface area contributed by atoms with Gasteiger partial charge < -0.3 is 9.80 Å². The largest absolute Gasteiger partial charge is 0.371 e. The van der Waals surface area contributed by atoms with Gasteiger partial charge >= 0.3 is 0 Å². The summed E-state index contributed by atoms with van der Waals surface area (Å²) >= 11 is 0. The Balaban J connectivity index is 1.57. The van der Waals surface area contributed by atoms with Crippen LogP contribution in [0, 0.1) is 0 Å². The zero-order valence-electron chi connectivity index (χ0n) is 16.0. The van der Waals surface area contributed by atoms with E-state index >= 15 is 0 Å². The van der Waals surface area contributed by atoms with Gasteiger partial charge in [0, 0.05) is 38.8 Å². The van der Waals surface area contributed by atoms with Gasteiger partial charge in [0.1, 0.15) is 0 Å². The number of sulfonamides is 1. The molecule has 2 aliphatic rings. The minimum absolute atomic E-state index is 0.00997. The maximum absolute atomic E-state index is 12.9. The molecule has 0 aliphatic carbocycles.